The molecule has 2 N–H and O–H groups in total. The maximum Gasteiger partial charge on any atom is 0.254 e. The fraction of sp³-hybridized carbons (Fsp3) is 0.154. The van der Waals surface area contributed by atoms with E-state index in [0.29, 0.717) is 30.2 Å². The topological polar surface area (TPSA) is 72.1 Å². The van der Waals surface area contributed by atoms with Gasteiger partial charge < -0.3 is 10.6 Å². The SMILES string of the molecule is Nc1ccc2c(c1)C(=O)N(Cc1ncccn1)C2. The Labute approximate surface area is 104 Å². The quantitative estimate of drug-likeness (QED) is 0.801. The highest BCUT2D eigenvalue weighted by Crippen LogP contribution is 2.25. The molecule has 0 aliphatic carbocycles. The monoisotopic (exact) mass is 240 g/mol. The number of anilines is 1. The Kier molecular flexibility index (Phi) is 2.44. The predicted molar refractivity (Wildman–Crippen MR) is 66.5 cm³/mol. The first-order valence-corrected chi connectivity index (χ1v) is 5.67. The summed E-state index contributed by atoms with van der Waals surface area (Å²) >= 11 is 0. The van der Waals surface area contributed by atoms with Crippen LogP contribution in [0.3, 0.4) is 0 Å². The molecule has 0 radical (unpaired) electrons. The van der Waals surface area contributed by atoms with Crippen LogP contribution in [0.5, 0.6) is 0 Å². The fourth-order valence-electron chi connectivity index (χ4n) is 2.09. The van der Waals surface area contributed by atoms with Gasteiger partial charge >= 0.3 is 0 Å². The molecule has 5 nitrogen and oxygen atoms in total. The fourth-order valence-corrected chi connectivity index (χ4v) is 2.09. The zero-order valence-electron chi connectivity index (χ0n) is 9.71. The van der Waals surface area contributed by atoms with Crippen molar-refractivity contribution in [3.63, 3.8) is 0 Å². The molecular formula is C13H12N4O. The average Bonchev–Trinajstić information content (AvgIpc) is 2.68. The number of hydrogen-bond acceptors (Lipinski definition) is 4. The molecule has 0 bridgehead atoms. The lowest BCUT2D eigenvalue weighted by atomic mass is 10.1. The third-order valence-electron chi connectivity index (χ3n) is 2.96. The van der Waals surface area contributed by atoms with Crippen LogP contribution in [0.1, 0.15) is 21.7 Å². The molecule has 90 valence electrons. The van der Waals surface area contributed by atoms with Gasteiger partial charge in [-0.3, -0.25) is 4.79 Å². The molecule has 18 heavy (non-hydrogen) atoms. The summed E-state index contributed by atoms with van der Waals surface area (Å²) in [6.45, 7) is 1.01. The summed E-state index contributed by atoms with van der Waals surface area (Å²) in [7, 11) is 0. The first kappa shape index (κ1) is 10.7. The Morgan fingerprint density at radius 2 is 2.06 bits per heavy atom. The minimum absolute atomic E-state index is 0.00949. The van der Waals surface area contributed by atoms with Crippen molar-refractivity contribution in [2.45, 2.75) is 13.1 Å². The van der Waals surface area contributed by atoms with E-state index in [1.165, 1.54) is 0 Å². The van der Waals surface area contributed by atoms with Gasteiger partial charge in [0.1, 0.15) is 5.82 Å². The van der Waals surface area contributed by atoms with Crippen LogP contribution in [0.4, 0.5) is 5.69 Å². The van der Waals surface area contributed by atoms with Crippen LogP contribution in [0.2, 0.25) is 0 Å². The number of nitrogen functional groups attached to an aromatic ring is 1. The number of nitrogens with zero attached hydrogens (tertiary/aromatic N) is 3. The highest BCUT2D eigenvalue weighted by molar-refractivity contribution is 5.99. The number of carbonyl (C=O) groups is 1. The van der Waals surface area contributed by atoms with Gasteiger partial charge in [0.25, 0.3) is 5.91 Å². The first-order valence-electron chi connectivity index (χ1n) is 5.67. The third-order valence-corrected chi connectivity index (χ3v) is 2.96. The Morgan fingerprint density at radius 1 is 1.28 bits per heavy atom. The van der Waals surface area contributed by atoms with Crippen molar-refractivity contribution in [1.82, 2.24) is 14.9 Å². The average molecular weight is 240 g/mol. The summed E-state index contributed by atoms with van der Waals surface area (Å²) < 4.78 is 0. The summed E-state index contributed by atoms with van der Waals surface area (Å²) in [6.07, 6.45) is 3.35. The molecule has 1 aliphatic heterocycles. The highest BCUT2D eigenvalue weighted by Gasteiger charge is 2.27. The van der Waals surface area contributed by atoms with Crippen molar-refractivity contribution in [1.29, 1.82) is 0 Å². The Bertz CT molecular complexity index is 597. The molecule has 1 amide bonds. The second-order valence-electron chi connectivity index (χ2n) is 4.24. The molecule has 0 fully saturated rings. The molecule has 2 heterocycles. The Hall–Kier alpha value is -2.43. The summed E-state index contributed by atoms with van der Waals surface area (Å²) in [5.74, 6) is 0.636. The zero-order chi connectivity index (χ0) is 12.5. The molecule has 3 rings (SSSR count). The predicted octanol–water partition coefficient (Wildman–Crippen LogP) is 1.21. The Morgan fingerprint density at radius 3 is 2.83 bits per heavy atom. The molecule has 1 aliphatic rings. The van der Waals surface area contributed by atoms with Gasteiger partial charge in [-0.15, -0.1) is 0 Å². The van der Waals surface area contributed by atoms with Crippen LogP contribution >= 0.6 is 0 Å². The van der Waals surface area contributed by atoms with Crippen LogP contribution in [0.25, 0.3) is 0 Å². The standard InChI is InChI=1S/C13H12N4O/c14-10-3-2-9-7-17(13(18)11(9)6-10)8-12-15-4-1-5-16-12/h1-6H,7-8,14H2. The number of aromatic nitrogens is 2. The van der Waals surface area contributed by atoms with E-state index in [0.717, 1.165) is 5.56 Å². The number of amides is 1. The summed E-state index contributed by atoms with van der Waals surface area (Å²) in [5.41, 5.74) is 8.00. The van der Waals surface area contributed by atoms with E-state index in [1.54, 1.807) is 29.4 Å². The van der Waals surface area contributed by atoms with Crippen LogP contribution < -0.4 is 5.73 Å². The third kappa shape index (κ3) is 1.79. The number of benzene rings is 1. The summed E-state index contributed by atoms with van der Waals surface area (Å²) in [5, 5.41) is 0. The number of carbonyl (C=O) groups excluding carboxylic acids is 1. The zero-order valence-corrected chi connectivity index (χ0v) is 9.71. The largest absolute Gasteiger partial charge is 0.399 e. The van der Waals surface area contributed by atoms with Gasteiger partial charge in [-0.1, -0.05) is 6.07 Å². The number of hydrogen-bond donors (Lipinski definition) is 1. The van der Waals surface area contributed by atoms with Gasteiger partial charge in [-0.25, -0.2) is 9.97 Å². The number of fused-ring (bicyclic) bond motifs is 1. The minimum Gasteiger partial charge on any atom is -0.399 e. The lowest BCUT2D eigenvalue weighted by Crippen LogP contribution is -2.24. The lowest BCUT2D eigenvalue weighted by Gasteiger charge is -2.13. The minimum atomic E-state index is -0.00949. The van der Waals surface area contributed by atoms with Crippen LogP contribution in [-0.4, -0.2) is 20.8 Å². The molecule has 0 unspecified atom stereocenters. The van der Waals surface area contributed by atoms with Crippen molar-refractivity contribution in [2.75, 3.05) is 5.73 Å². The number of rotatable bonds is 2. The molecular weight excluding hydrogens is 228 g/mol. The Balaban J connectivity index is 1.85. The van der Waals surface area contributed by atoms with Gasteiger partial charge in [0.05, 0.1) is 6.54 Å². The van der Waals surface area contributed by atoms with Gasteiger partial charge in [0.2, 0.25) is 0 Å². The van der Waals surface area contributed by atoms with Crippen molar-refractivity contribution < 1.29 is 4.79 Å². The van der Waals surface area contributed by atoms with E-state index >= 15 is 0 Å². The van der Waals surface area contributed by atoms with E-state index in [9.17, 15) is 4.79 Å². The van der Waals surface area contributed by atoms with E-state index < -0.39 is 0 Å². The van der Waals surface area contributed by atoms with Gasteiger partial charge in [-0.2, -0.15) is 0 Å². The smallest absolute Gasteiger partial charge is 0.254 e. The van der Waals surface area contributed by atoms with E-state index in [4.69, 9.17) is 5.73 Å². The van der Waals surface area contributed by atoms with Crippen molar-refractivity contribution >= 4 is 11.6 Å². The van der Waals surface area contributed by atoms with Crippen molar-refractivity contribution in [3.8, 4) is 0 Å². The molecule has 2 aromatic rings. The van der Waals surface area contributed by atoms with E-state index in [-0.39, 0.29) is 5.91 Å². The molecule has 1 aromatic carbocycles. The maximum atomic E-state index is 12.2. The van der Waals surface area contributed by atoms with E-state index in [2.05, 4.69) is 9.97 Å². The van der Waals surface area contributed by atoms with Gasteiger partial charge in [0.15, 0.2) is 0 Å². The highest BCUT2D eigenvalue weighted by atomic mass is 16.2. The molecule has 0 atom stereocenters. The van der Waals surface area contributed by atoms with Crippen LogP contribution in [0, 0.1) is 0 Å². The lowest BCUT2D eigenvalue weighted by molar-refractivity contribution is 0.0762. The van der Waals surface area contributed by atoms with Crippen molar-refractivity contribution in [2.24, 2.45) is 0 Å². The summed E-state index contributed by atoms with van der Waals surface area (Å²) in [6, 6.07) is 7.19. The van der Waals surface area contributed by atoms with Gasteiger partial charge in [0, 0.05) is 30.2 Å². The second kappa shape index (κ2) is 4.10. The molecule has 0 saturated heterocycles. The summed E-state index contributed by atoms with van der Waals surface area (Å²) in [4.78, 5) is 22.1. The van der Waals surface area contributed by atoms with E-state index in [1.807, 2.05) is 12.1 Å². The van der Waals surface area contributed by atoms with Crippen molar-refractivity contribution in [3.05, 3.63) is 53.6 Å². The number of nitrogens with two attached hydrogens (primary N) is 1. The van der Waals surface area contributed by atoms with Gasteiger partial charge in [-0.05, 0) is 23.8 Å². The first-order chi connectivity index (χ1) is 8.74. The maximum absolute atomic E-state index is 12.2. The molecule has 1 aromatic heterocycles. The normalized spacial score (nSPS) is 13.8. The van der Waals surface area contributed by atoms with Crippen LogP contribution in [-0.2, 0) is 13.1 Å². The second-order valence-corrected chi connectivity index (χ2v) is 4.24. The molecule has 0 saturated carbocycles. The van der Waals surface area contributed by atoms with Crippen LogP contribution in [0.15, 0.2) is 36.7 Å². The molecule has 5 heteroatoms. The molecule has 0 spiro atoms.